The van der Waals surface area contributed by atoms with Gasteiger partial charge < -0.3 is 0 Å². The summed E-state index contributed by atoms with van der Waals surface area (Å²) in [6, 6.07) is 0. The van der Waals surface area contributed by atoms with Gasteiger partial charge >= 0.3 is 0 Å². The molecule has 0 aromatic rings. The molecule has 0 bridgehead atoms. The van der Waals surface area contributed by atoms with Crippen LogP contribution in [0.1, 0.15) is 13.3 Å². The maximum atomic E-state index is 4.82. The van der Waals surface area contributed by atoms with E-state index in [4.69, 9.17) is 23.6 Å². The Morgan fingerprint density at radius 1 is 1.33 bits per heavy atom. The van der Waals surface area contributed by atoms with Gasteiger partial charge in [0.15, 0.2) is 0 Å². The van der Waals surface area contributed by atoms with Crippen LogP contribution in [-0.4, -0.2) is 12.3 Å². The summed E-state index contributed by atoms with van der Waals surface area (Å²) in [5.74, 6) is 0.777. The van der Waals surface area contributed by atoms with Crippen LogP contribution in [0.2, 0.25) is 0 Å². The molecule has 0 aliphatic rings. The summed E-state index contributed by atoms with van der Waals surface area (Å²) in [6.07, 6.45) is 3.55. The Bertz CT molecular complexity index is 95.0. The first-order valence-electron chi connectivity index (χ1n) is 2.89. The van der Waals surface area contributed by atoms with Gasteiger partial charge in [0.2, 0.25) is 0 Å². The van der Waals surface area contributed by atoms with Crippen molar-refractivity contribution in [2.75, 3.05) is 12.3 Å². The fourth-order valence-corrected chi connectivity index (χ4v) is 2.55. The van der Waals surface area contributed by atoms with Crippen LogP contribution in [0.3, 0.4) is 0 Å². The molecule has 0 radical (unpaired) electrons. The van der Waals surface area contributed by atoms with E-state index in [0.29, 0.717) is 0 Å². The Balaban J connectivity index is 3.14. The quantitative estimate of drug-likeness (QED) is 0.620. The molecule has 0 nitrogen and oxygen atoms in total. The standard InChI is InChI=1S/C5H10P2S2/c1-5(4-7-9)2-3-6-8/h5H,2-4H2,1H3. The molecule has 4 heteroatoms. The zero-order valence-electron chi connectivity index (χ0n) is 5.41. The van der Waals surface area contributed by atoms with Gasteiger partial charge in [-0.2, -0.15) is 0 Å². The van der Waals surface area contributed by atoms with E-state index in [1.165, 1.54) is 6.42 Å². The Kier molecular flexibility index (Phi) is 7.98. The van der Waals surface area contributed by atoms with Gasteiger partial charge in [0.1, 0.15) is 0 Å². The molecule has 0 fully saturated rings. The SMILES string of the molecule is CC(CCP=S)CP=S. The minimum Gasteiger partial charge on any atom is -0.0618 e. The predicted molar refractivity (Wildman–Crippen MR) is 52.1 cm³/mol. The summed E-state index contributed by atoms with van der Waals surface area (Å²) in [7, 11) is 2.20. The van der Waals surface area contributed by atoms with Gasteiger partial charge in [-0.3, -0.25) is 0 Å². The Labute approximate surface area is 70.1 Å². The molecule has 0 aromatic heterocycles. The largest absolute Gasteiger partial charge is 0.0618 e. The van der Waals surface area contributed by atoms with E-state index in [1.807, 2.05) is 0 Å². The van der Waals surface area contributed by atoms with E-state index in [0.717, 1.165) is 33.0 Å². The molecule has 0 aromatic carbocycles. The molecule has 0 saturated carbocycles. The summed E-state index contributed by atoms with van der Waals surface area (Å²) in [4.78, 5) is 0. The molecule has 52 valence electrons. The van der Waals surface area contributed by atoms with Crippen LogP contribution in [0.5, 0.6) is 0 Å². The summed E-state index contributed by atoms with van der Waals surface area (Å²) in [6.45, 7) is 2.24. The molecule has 0 N–H and O–H groups in total. The van der Waals surface area contributed by atoms with Crippen molar-refractivity contribution in [3.05, 3.63) is 0 Å². The fourth-order valence-electron chi connectivity index (χ4n) is 0.492. The lowest BCUT2D eigenvalue weighted by molar-refractivity contribution is 0.643. The number of hydrogen-bond donors (Lipinski definition) is 0. The normalized spacial score (nSPS) is 14.3. The van der Waals surface area contributed by atoms with E-state index >= 15 is 0 Å². The van der Waals surface area contributed by atoms with Crippen molar-refractivity contribution >= 4 is 38.3 Å². The highest BCUT2D eigenvalue weighted by molar-refractivity contribution is 7.96. The molecule has 1 atom stereocenters. The lowest BCUT2D eigenvalue weighted by atomic mass is 10.2. The topological polar surface area (TPSA) is 0 Å². The average molecular weight is 196 g/mol. The highest BCUT2D eigenvalue weighted by Gasteiger charge is 1.97. The molecule has 0 aliphatic heterocycles. The molecule has 0 spiro atoms. The third-order valence-electron chi connectivity index (χ3n) is 1.10. The third-order valence-corrected chi connectivity index (χ3v) is 3.31. The summed E-state index contributed by atoms with van der Waals surface area (Å²) in [5.41, 5.74) is 0. The maximum absolute atomic E-state index is 4.82. The molecular formula is C5H10P2S2. The van der Waals surface area contributed by atoms with E-state index in [-0.39, 0.29) is 0 Å². The van der Waals surface area contributed by atoms with Gasteiger partial charge in [-0.15, -0.1) is 0 Å². The van der Waals surface area contributed by atoms with Gasteiger partial charge in [0.05, 0.1) is 0 Å². The van der Waals surface area contributed by atoms with Crippen molar-refractivity contribution in [2.45, 2.75) is 13.3 Å². The van der Waals surface area contributed by atoms with Crippen LogP contribution in [0.4, 0.5) is 0 Å². The van der Waals surface area contributed by atoms with E-state index in [2.05, 4.69) is 6.92 Å². The van der Waals surface area contributed by atoms with Crippen LogP contribution >= 0.6 is 14.7 Å². The molecule has 0 aliphatic carbocycles. The zero-order valence-corrected chi connectivity index (χ0v) is 8.83. The van der Waals surface area contributed by atoms with Crippen molar-refractivity contribution < 1.29 is 0 Å². The highest BCUT2D eigenvalue weighted by atomic mass is 32.4. The van der Waals surface area contributed by atoms with Crippen LogP contribution in [0.15, 0.2) is 0 Å². The van der Waals surface area contributed by atoms with E-state index in [9.17, 15) is 0 Å². The fraction of sp³-hybridized carbons (Fsp3) is 1.00. The number of hydrogen-bond acceptors (Lipinski definition) is 2. The van der Waals surface area contributed by atoms with Gasteiger partial charge in [-0.05, 0) is 27.1 Å². The Morgan fingerprint density at radius 3 is 2.44 bits per heavy atom. The molecule has 0 amide bonds. The second kappa shape index (κ2) is 7.15. The van der Waals surface area contributed by atoms with Gasteiger partial charge in [0, 0.05) is 12.3 Å². The molecule has 1 unspecified atom stereocenters. The van der Waals surface area contributed by atoms with Crippen LogP contribution in [0, 0.1) is 5.92 Å². The minimum atomic E-state index is 0.777. The van der Waals surface area contributed by atoms with Gasteiger partial charge in [-0.25, -0.2) is 0 Å². The third kappa shape index (κ3) is 6.93. The van der Waals surface area contributed by atoms with Crippen molar-refractivity contribution in [3.8, 4) is 0 Å². The smallest absolute Gasteiger partial charge is 0.00244 e. The van der Waals surface area contributed by atoms with Crippen LogP contribution in [0.25, 0.3) is 0 Å². The first-order chi connectivity index (χ1) is 4.31. The Hall–Kier alpha value is 1.04. The summed E-state index contributed by atoms with van der Waals surface area (Å²) < 4.78 is 0. The van der Waals surface area contributed by atoms with Crippen LogP contribution in [-0.2, 0) is 23.6 Å². The van der Waals surface area contributed by atoms with Crippen LogP contribution < -0.4 is 0 Å². The van der Waals surface area contributed by atoms with E-state index < -0.39 is 0 Å². The average Bonchev–Trinajstić information content (AvgIpc) is 1.85. The highest BCUT2D eigenvalue weighted by Crippen LogP contribution is 2.11. The number of rotatable bonds is 5. The second-order valence-corrected chi connectivity index (χ2v) is 4.94. The lowest BCUT2D eigenvalue weighted by Gasteiger charge is -2.02. The van der Waals surface area contributed by atoms with Gasteiger partial charge in [-0.1, -0.05) is 30.5 Å². The van der Waals surface area contributed by atoms with Gasteiger partial charge in [0.25, 0.3) is 0 Å². The zero-order chi connectivity index (χ0) is 7.11. The van der Waals surface area contributed by atoms with Crippen molar-refractivity contribution in [1.29, 1.82) is 0 Å². The lowest BCUT2D eigenvalue weighted by Crippen LogP contribution is -1.95. The molecule has 0 saturated heterocycles. The first-order valence-corrected chi connectivity index (χ1v) is 7.08. The predicted octanol–water partition coefficient (Wildman–Crippen LogP) is 2.83. The summed E-state index contributed by atoms with van der Waals surface area (Å²) >= 11 is 9.62. The second-order valence-electron chi connectivity index (χ2n) is 2.06. The van der Waals surface area contributed by atoms with Crippen molar-refractivity contribution in [2.24, 2.45) is 5.92 Å². The maximum Gasteiger partial charge on any atom is 0.00244 e. The van der Waals surface area contributed by atoms with Crippen molar-refractivity contribution in [3.63, 3.8) is 0 Å². The molecule has 0 heterocycles. The monoisotopic (exact) mass is 196 g/mol. The van der Waals surface area contributed by atoms with E-state index in [1.54, 1.807) is 0 Å². The molecule has 0 rings (SSSR count). The molecular weight excluding hydrogens is 186 g/mol. The first kappa shape index (κ1) is 10.0. The summed E-state index contributed by atoms with van der Waals surface area (Å²) in [5, 5.41) is 0. The Morgan fingerprint density at radius 2 is 2.00 bits per heavy atom. The van der Waals surface area contributed by atoms with Crippen molar-refractivity contribution in [1.82, 2.24) is 0 Å². The molecule has 9 heavy (non-hydrogen) atoms. The minimum absolute atomic E-state index is 0.777.